The Kier molecular flexibility index (Phi) is 21.2. The molecule has 3 aromatic carbocycles. The van der Waals surface area contributed by atoms with E-state index in [-0.39, 0.29) is 0 Å². The standard InChI is InChI=1S/3C20H24N2/c1-2-13-21(12-1)16-6-10-19-8-5-9-20(18-19)11-7-17-22-14-3-4-15-22;1-2-14-21(13-1)17-5-7-19-9-11-20(12-10-19)8-6-18-22-15-3-4-16-22;1-2-10-20(12-8-18-22-15-5-6-16-22)19(9-1)11-7-17-21-13-3-4-14-21/h5,8-9,18H,1-4,12-17H2;9-12H,1-4,13-18H2;1-2,9-10H,3-6,13-18H2. The summed E-state index contributed by atoms with van der Waals surface area (Å²) in [6, 6.07) is 24.9. The molecule has 0 aromatic heterocycles. The van der Waals surface area contributed by atoms with Crippen LogP contribution < -0.4 is 0 Å². The largest absolute Gasteiger partial charge is 0.292 e. The summed E-state index contributed by atoms with van der Waals surface area (Å²) in [6.07, 6.45) is 15.9. The second-order valence-corrected chi connectivity index (χ2v) is 18.4. The lowest BCUT2D eigenvalue weighted by Gasteiger charge is -2.08. The monoisotopic (exact) mass is 877 g/mol. The van der Waals surface area contributed by atoms with Crippen molar-refractivity contribution in [3.05, 3.63) is 106 Å². The van der Waals surface area contributed by atoms with Gasteiger partial charge in [-0.2, -0.15) is 0 Å². The second kappa shape index (κ2) is 28.7. The van der Waals surface area contributed by atoms with E-state index in [0.717, 1.165) is 72.6 Å². The lowest BCUT2D eigenvalue weighted by molar-refractivity contribution is 0.383. The minimum absolute atomic E-state index is 0.884. The van der Waals surface area contributed by atoms with Crippen LogP contribution in [-0.4, -0.2) is 147 Å². The van der Waals surface area contributed by atoms with Gasteiger partial charge in [-0.15, -0.1) is 0 Å². The molecule has 0 atom stereocenters. The van der Waals surface area contributed by atoms with Gasteiger partial charge in [-0.3, -0.25) is 29.4 Å². The summed E-state index contributed by atoms with van der Waals surface area (Å²) in [5, 5.41) is 0. The van der Waals surface area contributed by atoms with Gasteiger partial charge in [0.2, 0.25) is 0 Å². The number of benzene rings is 3. The molecule has 0 saturated carbocycles. The van der Waals surface area contributed by atoms with Crippen molar-refractivity contribution in [1.82, 2.24) is 29.4 Å². The topological polar surface area (TPSA) is 19.4 Å². The van der Waals surface area contributed by atoms with E-state index in [9.17, 15) is 0 Å². The minimum Gasteiger partial charge on any atom is -0.292 e. The van der Waals surface area contributed by atoms with Crippen LogP contribution in [-0.2, 0) is 0 Å². The first-order valence-electron chi connectivity index (χ1n) is 25.3. The minimum atomic E-state index is 0.884. The van der Waals surface area contributed by atoms with E-state index in [4.69, 9.17) is 0 Å². The molecule has 0 N–H and O–H groups in total. The van der Waals surface area contributed by atoms with Gasteiger partial charge in [0.05, 0.1) is 39.3 Å². The van der Waals surface area contributed by atoms with Gasteiger partial charge in [-0.1, -0.05) is 89.2 Å². The van der Waals surface area contributed by atoms with Crippen LogP contribution >= 0.6 is 0 Å². The van der Waals surface area contributed by atoms with Crippen LogP contribution in [0.5, 0.6) is 0 Å². The molecule has 9 rings (SSSR count). The van der Waals surface area contributed by atoms with Crippen molar-refractivity contribution in [2.75, 3.05) is 118 Å². The lowest BCUT2D eigenvalue weighted by atomic mass is 10.1. The maximum Gasteiger partial charge on any atom is 0.0605 e. The summed E-state index contributed by atoms with van der Waals surface area (Å²) >= 11 is 0. The van der Waals surface area contributed by atoms with Crippen LogP contribution in [0.25, 0.3) is 0 Å². The van der Waals surface area contributed by atoms with E-state index < -0.39 is 0 Å². The molecule has 342 valence electrons. The summed E-state index contributed by atoms with van der Waals surface area (Å²) in [4.78, 5) is 14.5. The molecule has 6 aliphatic heterocycles. The molecule has 0 amide bonds. The third-order valence-electron chi connectivity index (χ3n) is 13.1. The smallest absolute Gasteiger partial charge is 0.0605 e. The van der Waals surface area contributed by atoms with Gasteiger partial charge >= 0.3 is 0 Å². The van der Waals surface area contributed by atoms with Crippen LogP contribution in [0, 0.1) is 71.0 Å². The predicted molar refractivity (Wildman–Crippen MR) is 275 cm³/mol. The van der Waals surface area contributed by atoms with Gasteiger partial charge in [0.25, 0.3) is 0 Å². The van der Waals surface area contributed by atoms with Crippen LogP contribution in [0.2, 0.25) is 0 Å². The van der Waals surface area contributed by atoms with Crippen LogP contribution in [0.3, 0.4) is 0 Å². The zero-order valence-electron chi connectivity index (χ0n) is 39.8. The Morgan fingerprint density at radius 1 is 0.258 bits per heavy atom. The van der Waals surface area contributed by atoms with Gasteiger partial charge in [-0.05, 0) is 210 Å². The second-order valence-electron chi connectivity index (χ2n) is 18.4. The summed E-state index contributed by atoms with van der Waals surface area (Å²) in [5.74, 6) is 39.4. The van der Waals surface area contributed by atoms with Crippen molar-refractivity contribution in [2.45, 2.75) is 77.0 Å². The fraction of sp³-hybridized carbons (Fsp3) is 0.500. The molecule has 6 fully saturated rings. The Bertz CT molecular complexity index is 2150. The molecular formula is C60H72N6. The number of nitrogens with zero attached hydrogens (tertiary/aromatic N) is 6. The Balaban J connectivity index is 0.000000147. The number of rotatable bonds is 6. The van der Waals surface area contributed by atoms with Gasteiger partial charge in [0, 0.05) is 33.4 Å². The molecule has 0 unspecified atom stereocenters. The zero-order valence-corrected chi connectivity index (χ0v) is 39.8. The first-order chi connectivity index (χ1) is 32.7. The van der Waals surface area contributed by atoms with E-state index >= 15 is 0 Å². The first-order valence-corrected chi connectivity index (χ1v) is 25.3. The average Bonchev–Trinajstić information content (AvgIpc) is 4.20. The Morgan fingerprint density at radius 2 is 0.500 bits per heavy atom. The number of likely N-dealkylation sites (tertiary alicyclic amines) is 6. The molecular weight excluding hydrogens is 805 g/mol. The molecule has 6 nitrogen and oxygen atoms in total. The van der Waals surface area contributed by atoms with Crippen LogP contribution in [0.4, 0.5) is 0 Å². The highest BCUT2D eigenvalue weighted by Crippen LogP contribution is 2.12. The molecule has 0 radical (unpaired) electrons. The highest BCUT2D eigenvalue weighted by molar-refractivity contribution is 5.50. The van der Waals surface area contributed by atoms with Crippen molar-refractivity contribution in [1.29, 1.82) is 0 Å². The average molecular weight is 877 g/mol. The van der Waals surface area contributed by atoms with Crippen molar-refractivity contribution in [2.24, 2.45) is 0 Å². The van der Waals surface area contributed by atoms with Crippen molar-refractivity contribution in [3.8, 4) is 71.0 Å². The zero-order chi connectivity index (χ0) is 45.1. The van der Waals surface area contributed by atoms with E-state index in [1.165, 1.54) is 156 Å². The number of hydrogen-bond donors (Lipinski definition) is 0. The maximum absolute atomic E-state index is 3.31. The van der Waals surface area contributed by atoms with Crippen LogP contribution in [0.1, 0.15) is 110 Å². The van der Waals surface area contributed by atoms with Crippen molar-refractivity contribution in [3.63, 3.8) is 0 Å². The molecule has 0 aliphatic carbocycles. The lowest BCUT2D eigenvalue weighted by Crippen LogP contribution is -2.19. The molecule has 6 saturated heterocycles. The van der Waals surface area contributed by atoms with Crippen molar-refractivity contribution >= 4 is 0 Å². The summed E-state index contributed by atoms with van der Waals surface area (Å²) in [6.45, 7) is 19.8. The predicted octanol–water partition coefficient (Wildman–Crippen LogP) is 7.74. The Hall–Kier alpha value is -5.22. The maximum atomic E-state index is 3.31. The molecule has 6 heteroatoms. The van der Waals surface area contributed by atoms with E-state index in [0.29, 0.717) is 0 Å². The summed E-state index contributed by atoms with van der Waals surface area (Å²) < 4.78 is 0. The first kappa shape index (κ1) is 48.7. The molecule has 3 aromatic rings. The fourth-order valence-corrected chi connectivity index (χ4v) is 9.16. The Labute approximate surface area is 399 Å². The third kappa shape index (κ3) is 18.2. The molecule has 6 aliphatic rings. The molecule has 0 spiro atoms. The quantitative estimate of drug-likeness (QED) is 0.235. The summed E-state index contributed by atoms with van der Waals surface area (Å²) in [7, 11) is 0. The van der Waals surface area contributed by atoms with E-state index in [1.807, 2.05) is 12.1 Å². The molecule has 0 bridgehead atoms. The van der Waals surface area contributed by atoms with E-state index in [1.54, 1.807) is 0 Å². The van der Waals surface area contributed by atoms with Gasteiger partial charge in [-0.25, -0.2) is 0 Å². The normalized spacial score (nSPS) is 18.5. The highest BCUT2D eigenvalue weighted by atomic mass is 15.2. The van der Waals surface area contributed by atoms with Crippen LogP contribution in [0.15, 0.2) is 72.8 Å². The number of hydrogen-bond acceptors (Lipinski definition) is 6. The van der Waals surface area contributed by atoms with Gasteiger partial charge in [0.1, 0.15) is 0 Å². The van der Waals surface area contributed by atoms with E-state index in [2.05, 4.69) is 161 Å². The summed E-state index contributed by atoms with van der Waals surface area (Å²) in [5.41, 5.74) is 6.46. The molecule has 6 heterocycles. The van der Waals surface area contributed by atoms with Crippen molar-refractivity contribution < 1.29 is 0 Å². The molecule has 66 heavy (non-hydrogen) atoms. The SMILES string of the molecule is C(#Cc1ccc(C#CCN2CCCC2)cc1)CN1CCCC1.C(#Cc1cccc(C#CCN2CCCC2)c1)CN1CCCC1.C(#Cc1ccccc1C#CCN1CCCC1)CN1CCCC1. The highest BCUT2D eigenvalue weighted by Gasteiger charge is 2.13. The van der Waals surface area contributed by atoms with Gasteiger partial charge in [0.15, 0.2) is 0 Å². The van der Waals surface area contributed by atoms with Gasteiger partial charge < -0.3 is 0 Å². The fourth-order valence-electron chi connectivity index (χ4n) is 9.16. The Morgan fingerprint density at radius 3 is 0.773 bits per heavy atom. The third-order valence-corrected chi connectivity index (χ3v) is 13.1.